The predicted molar refractivity (Wildman–Crippen MR) is 76.2 cm³/mol. The number of carbonyl (C=O) groups is 1. The third kappa shape index (κ3) is 4.42. The molecule has 4 heteroatoms. The van der Waals surface area contributed by atoms with E-state index in [1.807, 2.05) is 20.9 Å². The molecular formula is C14H23NO2S. The van der Waals surface area contributed by atoms with Crippen LogP contribution in [0.3, 0.4) is 0 Å². The van der Waals surface area contributed by atoms with Crippen LogP contribution in [0.5, 0.6) is 0 Å². The highest BCUT2D eigenvalue weighted by molar-refractivity contribution is 7.09. The van der Waals surface area contributed by atoms with Gasteiger partial charge in [0.2, 0.25) is 0 Å². The van der Waals surface area contributed by atoms with Gasteiger partial charge in [0, 0.05) is 18.0 Å². The van der Waals surface area contributed by atoms with Crippen LogP contribution in [0, 0.1) is 5.41 Å². The van der Waals surface area contributed by atoms with Gasteiger partial charge in [0.25, 0.3) is 0 Å². The molecule has 1 unspecified atom stereocenters. The minimum absolute atomic E-state index is 0.613. The predicted octanol–water partition coefficient (Wildman–Crippen LogP) is 3.11. The third-order valence-corrected chi connectivity index (χ3v) is 4.19. The molecule has 1 rings (SSSR count). The van der Waals surface area contributed by atoms with Crippen molar-refractivity contribution in [2.75, 3.05) is 20.1 Å². The zero-order chi connectivity index (χ0) is 13.6. The van der Waals surface area contributed by atoms with Crippen LogP contribution in [-0.2, 0) is 11.2 Å². The summed E-state index contributed by atoms with van der Waals surface area (Å²) in [6.45, 7) is 5.40. The molecule has 0 saturated carbocycles. The lowest BCUT2D eigenvalue weighted by Gasteiger charge is -2.29. The maximum absolute atomic E-state index is 11.4. The highest BCUT2D eigenvalue weighted by atomic mass is 32.1. The molecule has 0 saturated heterocycles. The summed E-state index contributed by atoms with van der Waals surface area (Å²) < 4.78 is 0. The van der Waals surface area contributed by atoms with E-state index in [9.17, 15) is 9.90 Å². The second-order valence-electron chi connectivity index (χ2n) is 5.18. The van der Waals surface area contributed by atoms with Crippen LogP contribution in [0.25, 0.3) is 0 Å². The van der Waals surface area contributed by atoms with E-state index in [1.165, 1.54) is 4.88 Å². The van der Waals surface area contributed by atoms with E-state index < -0.39 is 11.4 Å². The summed E-state index contributed by atoms with van der Waals surface area (Å²) in [6.07, 6.45) is 2.63. The fourth-order valence-electron chi connectivity index (χ4n) is 2.24. The van der Waals surface area contributed by atoms with Crippen molar-refractivity contribution in [2.45, 2.75) is 33.1 Å². The lowest BCUT2D eigenvalue weighted by atomic mass is 9.85. The third-order valence-electron chi connectivity index (χ3n) is 3.26. The van der Waals surface area contributed by atoms with Crippen molar-refractivity contribution in [2.24, 2.45) is 5.41 Å². The molecular weight excluding hydrogens is 246 g/mol. The Kier molecular flexibility index (Phi) is 5.82. The Bertz CT molecular complexity index is 364. The van der Waals surface area contributed by atoms with Gasteiger partial charge in [0.1, 0.15) is 0 Å². The fourth-order valence-corrected chi connectivity index (χ4v) is 2.93. The number of hydrogen-bond acceptors (Lipinski definition) is 3. The average molecular weight is 269 g/mol. The minimum Gasteiger partial charge on any atom is -0.481 e. The first-order chi connectivity index (χ1) is 8.48. The fraction of sp³-hybridized carbons (Fsp3) is 0.643. The van der Waals surface area contributed by atoms with Crippen molar-refractivity contribution in [1.82, 2.24) is 4.90 Å². The molecule has 1 heterocycles. The molecule has 0 amide bonds. The van der Waals surface area contributed by atoms with E-state index in [1.54, 1.807) is 11.3 Å². The van der Waals surface area contributed by atoms with E-state index in [2.05, 4.69) is 22.4 Å². The summed E-state index contributed by atoms with van der Waals surface area (Å²) in [6, 6.07) is 4.18. The number of hydrogen-bond donors (Lipinski definition) is 1. The molecule has 1 N–H and O–H groups in total. The molecule has 1 atom stereocenters. The zero-order valence-corrected chi connectivity index (χ0v) is 12.3. The van der Waals surface area contributed by atoms with Gasteiger partial charge in [0.15, 0.2) is 0 Å². The van der Waals surface area contributed by atoms with Gasteiger partial charge in [-0.2, -0.15) is 0 Å². The number of rotatable bonds is 8. The van der Waals surface area contributed by atoms with Gasteiger partial charge >= 0.3 is 5.97 Å². The standard InChI is InChI=1S/C14H23NO2S/c1-4-8-14(2,13(16)17)11-15(3)9-7-12-6-5-10-18-12/h5-6,10H,4,7-9,11H2,1-3H3,(H,16,17). The summed E-state index contributed by atoms with van der Waals surface area (Å²) in [4.78, 5) is 14.8. The Morgan fingerprint density at radius 3 is 2.78 bits per heavy atom. The largest absolute Gasteiger partial charge is 0.481 e. The van der Waals surface area contributed by atoms with Crippen molar-refractivity contribution >= 4 is 17.3 Å². The van der Waals surface area contributed by atoms with E-state index in [4.69, 9.17) is 0 Å². The molecule has 0 aliphatic rings. The highest BCUT2D eigenvalue weighted by Crippen LogP contribution is 2.24. The van der Waals surface area contributed by atoms with Gasteiger partial charge < -0.3 is 10.0 Å². The highest BCUT2D eigenvalue weighted by Gasteiger charge is 2.33. The molecule has 0 spiro atoms. The van der Waals surface area contributed by atoms with Crippen molar-refractivity contribution in [3.63, 3.8) is 0 Å². The molecule has 0 aliphatic carbocycles. The van der Waals surface area contributed by atoms with Crippen LogP contribution in [0.2, 0.25) is 0 Å². The zero-order valence-electron chi connectivity index (χ0n) is 11.5. The van der Waals surface area contributed by atoms with Crippen LogP contribution in [0.4, 0.5) is 0 Å². The van der Waals surface area contributed by atoms with Crippen LogP contribution < -0.4 is 0 Å². The van der Waals surface area contributed by atoms with Crippen LogP contribution in [0.15, 0.2) is 17.5 Å². The Labute approximate surface area is 113 Å². The molecule has 18 heavy (non-hydrogen) atoms. The van der Waals surface area contributed by atoms with Crippen LogP contribution >= 0.6 is 11.3 Å². The number of thiophene rings is 1. The number of likely N-dealkylation sites (N-methyl/N-ethyl adjacent to an activating group) is 1. The molecule has 0 aliphatic heterocycles. The first-order valence-corrected chi connectivity index (χ1v) is 7.30. The molecule has 0 bridgehead atoms. The van der Waals surface area contributed by atoms with Gasteiger partial charge in [-0.1, -0.05) is 19.4 Å². The summed E-state index contributed by atoms with van der Waals surface area (Å²) >= 11 is 1.76. The van der Waals surface area contributed by atoms with Gasteiger partial charge in [-0.25, -0.2) is 0 Å². The second kappa shape index (κ2) is 6.90. The molecule has 0 fully saturated rings. The van der Waals surface area contributed by atoms with Crippen LogP contribution in [0.1, 0.15) is 31.6 Å². The maximum atomic E-state index is 11.4. The van der Waals surface area contributed by atoms with Gasteiger partial charge in [0.05, 0.1) is 5.41 Å². The number of nitrogens with zero attached hydrogens (tertiary/aromatic N) is 1. The average Bonchev–Trinajstić information content (AvgIpc) is 2.79. The van der Waals surface area contributed by atoms with Crippen molar-refractivity contribution < 1.29 is 9.90 Å². The SMILES string of the molecule is CCCC(C)(CN(C)CCc1cccs1)C(=O)O. The first-order valence-electron chi connectivity index (χ1n) is 6.42. The molecule has 1 aromatic heterocycles. The van der Waals surface area contributed by atoms with E-state index in [0.29, 0.717) is 6.54 Å². The Balaban J connectivity index is 2.46. The summed E-state index contributed by atoms with van der Waals surface area (Å²) in [5.41, 5.74) is -0.626. The first kappa shape index (κ1) is 15.2. The monoisotopic (exact) mass is 269 g/mol. The van der Waals surface area contributed by atoms with Crippen LogP contribution in [-0.4, -0.2) is 36.1 Å². The van der Waals surface area contributed by atoms with Crippen molar-refractivity contribution in [3.8, 4) is 0 Å². The summed E-state index contributed by atoms with van der Waals surface area (Å²) in [5, 5.41) is 11.4. The molecule has 0 aromatic carbocycles. The normalized spacial score (nSPS) is 14.7. The Hall–Kier alpha value is -0.870. The lowest BCUT2D eigenvalue weighted by molar-refractivity contribution is -0.149. The van der Waals surface area contributed by atoms with Gasteiger partial charge in [-0.15, -0.1) is 11.3 Å². The minimum atomic E-state index is -0.688. The molecule has 102 valence electrons. The molecule has 1 aromatic rings. The number of carboxylic acids is 1. The quantitative estimate of drug-likeness (QED) is 0.788. The van der Waals surface area contributed by atoms with E-state index in [-0.39, 0.29) is 0 Å². The number of carboxylic acid groups (broad SMARTS) is 1. The Morgan fingerprint density at radius 1 is 1.56 bits per heavy atom. The Morgan fingerprint density at radius 2 is 2.28 bits per heavy atom. The number of aliphatic carboxylic acids is 1. The molecule has 0 radical (unpaired) electrons. The van der Waals surface area contributed by atoms with E-state index >= 15 is 0 Å². The second-order valence-corrected chi connectivity index (χ2v) is 6.22. The lowest BCUT2D eigenvalue weighted by Crippen LogP contribution is -2.40. The maximum Gasteiger partial charge on any atom is 0.310 e. The smallest absolute Gasteiger partial charge is 0.310 e. The van der Waals surface area contributed by atoms with Crippen molar-refractivity contribution in [3.05, 3.63) is 22.4 Å². The van der Waals surface area contributed by atoms with Gasteiger partial charge in [-0.3, -0.25) is 4.79 Å². The topological polar surface area (TPSA) is 40.5 Å². The molecule has 3 nitrogen and oxygen atoms in total. The van der Waals surface area contributed by atoms with E-state index in [0.717, 1.165) is 25.8 Å². The van der Waals surface area contributed by atoms with Gasteiger partial charge in [-0.05, 0) is 38.3 Å². The summed E-state index contributed by atoms with van der Waals surface area (Å²) in [7, 11) is 2.00. The summed E-state index contributed by atoms with van der Waals surface area (Å²) in [5.74, 6) is -0.688. The van der Waals surface area contributed by atoms with Crippen molar-refractivity contribution in [1.29, 1.82) is 0 Å².